The van der Waals surface area contributed by atoms with Gasteiger partial charge in [-0.15, -0.1) is 0 Å². The molecule has 2 amide bonds. The zero-order valence-electron chi connectivity index (χ0n) is 15.4. The Balaban J connectivity index is 1.89. The molecule has 0 spiro atoms. The van der Waals surface area contributed by atoms with Crippen LogP contribution in [0.5, 0.6) is 0 Å². The molecule has 1 aromatic carbocycles. The summed E-state index contributed by atoms with van der Waals surface area (Å²) in [7, 11) is 1.87. The zero-order chi connectivity index (χ0) is 18.1. The Morgan fingerprint density at radius 1 is 1.08 bits per heavy atom. The average molecular weight is 346 g/mol. The Morgan fingerprint density at radius 2 is 1.84 bits per heavy atom. The van der Waals surface area contributed by atoms with E-state index in [1.165, 1.54) is 19.3 Å². The van der Waals surface area contributed by atoms with Crippen molar-refractivity contribution in [2.24, 2.45) is 0 Å². The molecule has 1 aromatic rings. The van der Waals surface area contributed by atoms with Crippen molar-refractivity contribution in [3.63, 3.8) is 0 Å². The number of nitrogens with zero attached hydrogens (tertiary/aromatic N) is 1. The first kappa shape index (κ1) is 19.4. The highest BCUT2D eigenvalue weighted by Gasteiger charge is 2.14. The van der Waals surface area contributed by atoms with Gasteiger partial charge in [0.25, 0.3) is 0 Å². The van der Waals surface area contributed by atoms with E-state index in [4.69, 9.17) is 0 Å². The van der Waals surface area contributed by atoms with E-state index < -0.39 is 0 Å². The van der Waals surface area contributed by atoms with Crippen LogP contribution in [0.15, 0.2) is 18.2 Å². The average Bonchev–Trinajstić information content (AvgIpc) is 2.59. The molecule has 1 saturated heterocycles. The fourth-order valence-corrected chi connectivity index (χ4v) is 2.99. The summed E-state index contributed by atoms with van der Waals surface area (Å²) in [5.74, 6) is -0.00723. The van der Waals surface area contributed by atoms with Gasteiger partial charge in [-0.25, -0.2) is 0 Å². The second kappa shape index (κ2) is 10.2. The third-order valence-corrected chi connectivity index (χ3v) is 4.44. The monoisotopic (exact) mass is 346 g/mol. The number of piperidine rings is 1. The molecule has 6 nitrogen and oxygen atoms in total. The number of anilines is 2. The molecule has 0 unspecified atom stereocenters. The predicted octanol–water partition coefficient (Wildman–Crippen LogP) is 2.36. The van der Waals surface area contributed by atoms with Crippen molar-refractivity contribution in [2.45, 2.75) is 39.0 Å². The molecule has 0 atom stereocenters. The topological polar surface area (TPSA) is 73.5 Å². The molecule has 1 fully saturated rings. The van der Waals surface area contributed by atoms with Crippen molar-refractivity contribution in [3.05, 3.63) is 23.8 Å². The van der Waals surface area contributed by atoms with E-state index in [1.807, 2.05) is 32.2 Å². The summed E-state index contributed by atoms with van der Waals surface area (Å²) in [4.78, 5) is 26.4. The molecule has 1 aliphatic heterocycles. The van der Waals surface area contributed by atoms with Crippen molar-refractivity contribution in [1.29, 1.82) is 0 Å². The molecule has 0 bridgehead atoms. The van der Waals surface area contributed by atoms with Crippen molar-refractivity contribution >= 4 is 23.2 Å². The second-order valence-corrected chi connectivity index (χ2v) is 6.67. The molecule has 2 rings (SSSR count). The molecule has 0 aromatic heterocycles. The summed E-state index contributed by atoms with van der Waals surface area (Å²) in [6.45, 7) is 5.19. The van der Waals surface area contributed by atoms with Gasteiger partial charge in [0.05, 0.1) is 6.54 Å². The molecule has 1 heterocycles. The van der Waals surface area contributed by atoms with Gasteiger partial charge < -0.3 is 16.0 Å². The van der Waals surface area contributed by atoms with Gasteiger partial charge in [0.1, 0.15) is 0 Å². The molecule has 0 radical (unpaired) electrons. The van der Waals surface area contributed by atoms with Crippen molar-refractivity contribution in [2.75, 3.05) is 43.9 Å². The number of benzene rings is 1. The van der Waals surface area contributed by atoms with E-state index in [0.29, 0.717) is 18.7 Å². The third kappa shape index (κ3) is 6.84. The maximum absolute atomic E-state index is 12.3. The summed E-state index contributed by atoms with van der Waals surface area (Å²) in [6, 6.07) is 5.62. The standard InChI is InChI=1S/C19H30N4O2/c1-15-8-9-16(21-18(24)7-6-10-20-2)13-17(15)22-19(25)14-23-11-4-3-5-12-23/h8-9,13,20H,3-7,10-12,14H2,1-2H3,(H,21,24)(H,22,25). The van der Waals surface area contributed by atoms with Crippen molar-refractivity contribution in [3.8, 4) is 0 Å². The molecule has 25 heavy (non-hydrogen) atoms. The van der Waals surface area contributed by atoms with Crippen LogP contribution in [0.1, 0.15) is 37.7 Å². The fourth-order valence-electron chi connectivity index (χ4n) is 2.99. The normalized spacial score (nSPS) is 15.0. The predicted molar refractivity (Wildman–Crippen MR) is 102 cm³/mol. The van der Waals surface area contributed by atoms with Crippen LogP contribution in [0.4, 0.5) is 11.4 Å². The highest BCUT2D eigenvalue weighted by molar-refractivity contribution is 5.95. The molecular formula is C19H30N4O2. The number of hydrogen-bond acceptors (Lipinski definition) is 4. The van der Waals surface area contributed by atoms with Gasteiger partial charge in [0, 0.05) is 17.8 Å². The summed E-state index contributed by atoms with van der Waals surface area (Å²) < 4.78 is 0. The van der Waals surface area contributed by atoms with Gasteiger partial charge in [-0.3, -0.25) is 14.5 Å². The largest absolute Gasteiger partial charge is 0.326 e. The number of nitrogens with one attached hydrogen (secondary N) is 3. The van der Waals surface area contributed by atoms with Crippen LogP contribution in [-0.2, 0) is 9.59 Å². The summed E-state index contributed by atoms with van der Waals surface area (Å²) in [5, 5.41) is 8.90. The van der Waals surface area contributed by atoms with Crippen LogP contribution in [0.3, 0.4) is 0 Å². The van der Waals surface area contributed by atoms with Gasteiger partial charge in [0.2, 0.25) is 11.8 Å². The Hall–Kier alpha value is -1.92. The van der Waals surface area contributed by atoms with E-state index in [-0.39, 0.29) is 11.8 Å². The van der Waals surface area contributed by atoms with E-state index in [0.717, 1.165) is 37.3 Å². The maximum atomic E-state index is 12.3. The molecule has 6 heteroatoms. The molecule has 3 N–H and O–H groups in total. The van der Waals surface area contributed by atoms with Gasteiger partial charge in [-0.05, 0) is 70.6 Å². The van der Waals surface area contributed by atoms with Gasteiger partial charge in [-0.1, -0.05) is 12.5 Å². The van der Waals surface area contributed by atoms with Crippen LogP contribution in [0.25, 0.3) is 0 Å². The molecule has 0 saturated carbocycles. The Morgan fingerprint density at radius 3 is 2.56 bits per heavy atom. The lowest BCUT2D eigenvalue weighted by atomic mass is 10.1. The van der Waals surface area contributed by atoms with E-state index in [9.17, 15) is 9.59 Å². The number of aryl methyl sites for hydroxylation is 1. The highest BCUT2D eigenvalue weighted by Crippen LogP contribution is 2.21. The number of carbonyl (C=O) groups is 2. The third-order valence-electron chi connectivity index (χ3n) is 4.44. The Kier molecular flexibility index (Phi) is 7.88. The Bertz CT molecular complexity index is 583. The van der Waals surface area contributed by atoms with Crippen LogP contribution in [0.2, 0.25) is 0 Å². The number of carbonyl (C=O) groups excluding carboxylic acids is 2. The van der Waals surface area contributed by atoms with Crippen LogP contribution >= 0.6 is 0 Å². The SMILES string of the molecule is CNCCCC(=O)Nc1ccc(C)c(NC(=O)CN2CCCCC2)c1. The van der Waals surface area contributed by atoms with E-state index in [1.54, 1.807) is 0 Å². The first-order chi connectivity index (χ1) is 12.1. The molecule has 138 valence electrons. The van der Waals surface area contributed by atoms with Crippen molar-refractivity contribution < 1.29 is 9.59 Å². The van der Waals surface area contributed by atoms with Crippen LogP contribution < -0.4 is 16.0 Å². The zero-order valence-corrected chi connectivity index (χ0v) is 15.4. The minimum absolute atomic E-state index is 0.00231. The fraction of sp³-hybridized carbons (Fsp3) is 0.579. The number of rotatable bonds is 8. The number of amides is 2. The van der Waals surface area contributed by atoms with Crippen LogP contribution in [0, 0.1) is 6.92 Å². The minimum Gasteiger partial charge on any atom is -0.326 e. The number of likely N-dealkylation sites (tertiary alicyclic amines) is 1. The van der Waals surface area contributed by atoms with Crippen LogP contribution in [-0.4, -0.2) is 49.9 Å². The lowest BCUT2D eigenvalue weighted by Gasteiger charge is -2.25. The molecule has 1 aliphatic rings. The first-order valence-electron chi connectivity index (χ1n) is 9.16. The molecule has 0 aliphatic carbocycles. The highest BCUT2D eigenvalue weighted by atomic mass is 16.2. The Labute approximate surface area is 150 Å². The van der Waals surface area contributed by atoms with Gasteiger partial charge >= 0.3 is 0 Å². The first-order valence-corrected chi connectivity index (χ1v) is 9.16. The maximum Gasteiger partial charge on any atom is 0.238 e. The second-order valence-electron chi connectivity index (χ2n) is 6.67. The summed E-state index contributed by atoms with van der Waals surface area (Å²) in [5.41, 5.74) is 2.46. The smallest absolute Gasteiger partial charge is 0.238 e. The molecular weight excluding hydrogens is 316 g/mol. The van der Waals surface area contributed by atoms with Gasteiger partial charge in [0.15, 0.2) is 0 Å². The van der Waals surface area contributed by atoms with E-state index >= 15 is 0 Å². The summed E-state index contributed by atoms with van der Waals surface area (Å²) in [6.07, 6.45) is 4.87. The lowest BCUT2D eigenvalue weighted by Crippen LogP contribution is -2.36. The minimum atomic E-state index is -0.00954. The van der Waals surface area contributed by atoms with E-state index in [2.05, 4.69) is 20.9 Å². The summed E-state index contributed by atoms with van der Waals surface area (Å²) >= 11 is 0. The number of hydrogen-bond donors (Lipinski definition) is 3. The van der Waals surface area contributed by atoms with Crippen molar-refractivity contribution in [1.82, 2.24) is 10.2 Å². The lowest BCUT2D eigenvalue weighted by molar-refractivity contribution is -0.117. The van der Waals surface area contributed by atoms with Gasteiger partial charge in [-0.2, -0.15) is 0 Å². The quantitative estimate of drug-likeness (QED) is 0.632.